The Bertz CT molecular complexity index is 570. The average molecular weight is 263 g/mol. The summed E-state index contributed by atoms with van der Waals surface area (Å²) in [6.07, 6.45) is 1.65. The van der Waals surface area contributed by atoms with E-state index in [4.69, 9.17) is 22.1 Å². The van der Waals surface area contributed by atoms with Crippen LogP contribution in [0.1, 0.15) is 16.7 Å². The Kier molecular flexibility index (Phi) is 3.84. The highest BCUT2D eigenvalue weighted by Crippen LogP contribution is 2.31. The van der Waals surface area contributed by atoms with E-state index in [0.717, 1.165) is 22.4 Å². The van der Waals surface area contributed by atoms with Gasteiger partial charge in [-0.05, 0) is 42.7 Å². The van der Waals surface area contributed by atoms with Crippen LogP contribution in [0.15, 0.2) is 30.5 Å². The van der Waals surface area contributed by atoms with E-state index in [9.17, 15) is 0 Å². The maximum atomic E-state index is 6.18. The van der Waals surface area contributed by atoms with E-state index < -0.39 is 0 Å². The standard InChI is InChI=1S/C14H15ClN2O/c1-9-3-4-10(2)12(7-9)18-14-13(15)11(8-16)5-6-17-14/h3-7H,8,16H2,1-2H3. The molecular weight excluding hydrogens is 248 g/mol. The number of hydrogen-bond donors (Lipinski definition) is 1. The molecule has 0 saturated heterocycles. The van der Waals surface area contributed by atoms with Crippen molar-refractivity contribution in [1.29, 1.82) is 0 Å². The zero-order valence-electron chi connectivity index (χ0n) is 10.4. The van der Waals surface area contributed by atoms with Crippen LogP contribution in [0.2, 0.25) is 5.02 Å². The van der Waals surface area contributed by atoms with Crippen LogP contribution in [-0.2, 0) is 6.54 Å². The fourth-order valence-electron chi connectivity index (χ4n) is 1.61. The van der Waals surface area contributed by atoms with Gasteiger partial charge < -0.3 is 10.5 Å². The molecule has 0 amide bonds. The summed E-state index contributed by atoms with van der Waals surface area (Å²) in [7, 11) is 0. The maximum Gasteiger partial charge on any atom is 0.238 e. The van der Waals surface area contributed by atoms with Gasteiger partial charge in [0.1, 0.15) is 10.8 Å². The molecule has 0 radical (unpaired) electrons. The quantitative estimate of drug-likeness (QED) is 0.919. The summed E-state index contributed by atoms with van der Waals surface area (Å²) < 4.78 is 5.76. The molecule has 3 nitrogen and oxygen atoms in total. The van der Waals surface area contributed by atoms with Crippen LogP contribution in [0.5, 0.6) is 11.6 Å². The van der Waals surface area contributed by atoms with Gasteiger partial charge in [-0.3, -0.25) is 0 Å². The van der Waals surface area contributed by atoms with Crippen molar-refractivity contribution in [2.45, 2.75) is 20.4 Å². The molecule has 18 heavy (non-hydrogen) atoms. The summed E-state index contributed by atoms with van der Waals surface area (Å²) in [5, 5.41) is 0.473. The van der Waals surface area contributed by atoms with Crippen molar-refractivity contribution in [2.24, 2.45) is 5.73 Å². The van der Waals surface area contributed by atoms with Crippen LogP contribution >= 0.6 is 11.6 Å². The lowest BCUT2D eigenvalue weighted by Crippen LogP contribution is -2.00. The molecule has 0 aliphatic rings. The van der Waals surface area contributed by atoms with Crippen molar-refractivity contribution in [3.63, 3.8) is 0 Å². The first kappa shape index (κ1) is 12.9. The molecule has 1 heterocycles. The second-order valence-electron chi connectivity index (χ2n) is 4.16. The van der Waals surface area contributed by atoms with E-state index in [2.05, 4.69) is 4.98 Å². The Labute approximate surface area is 112 Å². The fraction of sp³-hybridized carbons (Fsp3) is 0.214. The van der Waals surface area contributed by atoms with Gasteiger partial charge in [-0.25, -0.2) is 4.98 Å². The van der Waals surface area contributed by atoms with Gasteiger partial charge in [0.25, 0.3) is 0 Å². The van der Waals surface area contributed by atoms with Crippen LogP contribution in [0.3, 0.4) is 0 Å². The molecule has 0 unspecified atom stereocenters. The summed E-state index contributed by atoms with van der Waals surface area (Å²) in [4.78, 5) is 4.14. The first-order valence-electron chi connectivity index (χ1n) is 5.70. The molecule has 0 bridgehead atoms. The molecule has 0 atom stereocenters. The first-order valence-corrected chi connectivity index (χ1v) is 6.08. The number of nitrogens with zero attached hydrogens (tertiary/aromatic N) is 1. The molecule has 94 valence electrons. The second kappa shape index (κ2) is 5.38. The summed E-state index contributed by atoms with van der Waals surface area (Å²) in [6, 6.07) is 7.79. The van der Waals surface area contributed by atoms with Gasteiger partial charge >= 0.3 is 0 Å². The Morgan fingerprint density at radius 3 is 2.78 bits per heavy atom. The van der Waals surface area contributed by atoms with Gasteiger partial charge in [0, 0.05) is 12.7 Å². The number of aromatic nitrogens is 1. The van der Waals surface area contributed by atoms with Gasteiger partial charge in [-0.15, -0.1) is 0 Å². The van der Waals surface area contributed by atoms with Gasteiger partial charge in [0.2, 0.25) is 5.88 Å². The van der Waals surface area contributed by atoms with Crippen molar-refractivity contribution in [1.82, 2.24) is 4.98 Å². The zero-order chi connectivity index (χ0) is 13.1. The summed E-state index contributed by atoms with van der Waals surface area (Å²) >= 11 is 6.18. The van der Waals surface area contributed by atoms with Crippen LogP contribution in [0, 0.1) is 13.8 Å². The van der Waals surface area contributed by atoms with Gasteiger partial charge in [0.15, 0.2) is 0 Å². The Morgan fingerprint density at radius 2 is 2.06 bits per heavy atom. The number of nitrogens with two attached hydrogens (primary N) is 1. The number of halogens is 1. The molecule has 2 N–H and O–H groups in total. The highest BCUT2D eigenvalue weighted by atomic mass is 35.5. The lowest BCUT2D eigenvalue weighted by atomic mass is 10.1. The van der Waals surface area contributed by atoms with Gasteiger partial charge in [-0.2, -0.15) is 0 Å². The topological polar surface area (TPSA) is 48.1 Å². The zero-order valence-corrected chi connectivity index (χ0v) is 11.2. The minimum atomic E-state index is 0.366. The van der Waals surface area contributed by atoms with Gasteiger partial charge in [-0.1, -0.05) is 23.7 Å². The predicted octanol–water partition coefficient (Wildman–Crippen LogP) is 3.60. The molecule has 0 fully saturated rings. The lowest BCUT2D eigenvalue weighted by molar-refractivity contribution is 0.458. The first-order chi connectivity index (χ1) is 8.61. The molecule has 1 aromatic carbocycles. The lowest BCUT2D eigenvalue weighted by Gasteiger charge is -2.11. The molecule has 2 aromatic rings. The third-order valence-electron chi connectivity index (χ3n) is 2.71. The Balaban J connectivity index is 2.37. The number of rotatable bonds is 3. The molecule has 2 rings (SSSR count). The Hall–Kier alpha value is -1.58. The minimum Gasteiger partial charge on any atom is -0.437 e. The van der Waals surface area contributed by atoms with Crippen LogP contribution in [0.25, 0.3) is 0 Å². The molecule has 0 aliphatic carbocycles. The van der Waals surface area contributed by atoms with Gasteiger partial charge in [0.05, 0.1) is 0 Å². The third-order valence-corrected chi connectivity index (χ3v) is 3.11. The van der Waals surface area contributed by atoms with Crippen molar-refractivity contribution < 1.29 is 4.74 Å². The summed E-state index contributed by atoms with van der Waals surface area (Å²) in [6.45, 7) is 4.36. The predicted molar refractivity (Wildman–Crippen MR) is 73.1 cm³/mol. The van der Waals surface area contributed by atoms with E-state index in [1.807, 2.05) is 32.0 Å². The molecular formula is C14H15ClN2O. The number of aryl methyl sites for hydroxylation is 2. The number of ether oxygens (including phenoxy) is 1. The van der Waals surface area contributed by atoms with E-state index >= 15 is 0 Å². The van der Waals surface area contributed by atoms with E-state index in [1.54, 1.807) is 12.3 Å². The molecule has 1 aromatic heterocycles. The maximum absolute atomic E-state index is 6.18. The van der Waals surface area contributed by atoms with E-state index in [-0.39, 0.29) is 0 Å². The monoisotopic (exact) mass is 262 g/mol. The van der Waals surface area contributed by atoms with Crippen LogP contribution < -0.4 is 10.5 Å². The van der Waals surface area contributed by atoms with Crippen molar-refractivity contribution in [3.05, 3.63) is 52.2 Å². The summed E-state index contributed by atoms with van der Waals surface area (Å²) in [5.41, 5.74) is 8.59. The highest BCUT2D eigenvalue weighted by molar-refractivity contribution is 6.32. The molecule has 0 spiro atoms. The van der Waals surface area contributed by atoms with Crippen molar-refractivity contribution >= 4 is 11.6 Å². The third kappa shape index (κ3) is 2.63. The second-order valence-corrected chi connectivity index (χ2v) is 4.54. The minimum absolute atomic E-state index is 0.366. The van der Waals surface area contributed by atoms with Crippen molar-refractivity contribution in [3.8, 4) is 11.6 Å². The number of hydrogen-bond acceptors (Lipinski definition) is 3. The average Bonchev–Trinajstić information content (AvgIpc) is 2.36. The number of pyridine rings is 1. The Morgan fingerprint density at radius 1 is 1.28 bits per heavy atom. The molecule has 0 saturated carbocycles. The SMILES string of the molecule is Cc1ccc(C)c(Oc2nccc(CN)c2Cl)c1. The molecule has 0 aliphatic heterocycles. The summed E-state index contributed by atoms with van der Waals surface area (Å²) in [5.74, 6) is 1.16. The normalized spacial score (nSPS) is 10.4. The largest absolute Gasteiger partial charge is 0.437 e. The highest BCUT2D eigenvalue weighted by Gasteiger charge is 2.10. The van der Waals surface area contributed by atoms with E-state index in [0.29, 0.717) is 17.4 Å². The smallest absolute Gasteiger partial charge is 0.238 e. The van der Waals surface area contributed by atoms with Crippen molar-refractivity contribution in [2.75, 3.05) is 0 Å². The van der Waals surface area contributed by atoms with Crippen LogP contribution in [-0.4, -0.2) is 4.98 Å². The van der Waals surface area contributed by atoms with E-state index in [1.165, 1.54) is 0 Å². The molecule has 4 heteroatoms. The fourth-order valence-corrected chi connectivity index (χ4v) is 1.84. The number of benzene rings is 1. The van der Waals surface area contributed by atoms with Crippen LogP contribution in [0.4, 0.5) is 0 Å².